The van der Waals surface area contributed by atoms with Gasteiger partial charge in [-0.3, -0.25) is 0 Å². The monoisotopic (exact) mass is 315 g/mol. The Balaban J connectivity index is 2.24. The molecule has 0 aliphatic carbocycles. The molecule has 1 atom stereocenters. The van der Waals surface area contributed by atoms with Crippen molar-refractivity contribution in [1.82, 2.24) is 0 Å². The summed E-state index contributed by atoms with van der Waals surface area (Å²) in [6.07, 6.45) is -4.52. The number of benzene rings is 2. The van der Waals surface area contributed by atoms with Crippen LogP contribution in [-0.4, -0.2) is 0 Å². The molecule has 0 amide bonds. The lowest BCUT2D eigenvalue weighted by molar-refractivity contribution is -0.137. The molecule has 2 N–H and O–H groups in total. The summed E-state index contributed by atoms with van der Waals surface area (Å²) in [4.78, 5) is 0. The number of rotatable bonds is 3. The second kappa shape index (κ2) is 5.95. The third kappa shape index (κ3) is 3.89. The molecule has 2 rings (SSSR count). The molecule has 0 bridgehead atoms. The lowest BCUT2D eigenvalue weighted by Crippen LogP contribution is -2.06. The van der Waals surface area contributed by atoms with Gasteiger partial charge in [0.05, 0.1) is 10.6 Å². The second-order valence-corrected chi connectivity index (χ2v) is 5.01. The van der Waals surface area contributed by atoms with Gasteiger partial charge in [0.25, 0.3) is 0 Å². The van der Waals surface area contributed by atoms with Gasteiger partial charge in [-0.25, -0.2) is 0 Å². The average molecular weight is 316 g/mol. The maximum atomic E-state index is 12.8. The van der Waals surface area contributed by atoms with E-state index in [4.69, 9.17) is 22.1 Å². The van der Waals surface area contributed by atoms with Crippen LogP contribution in [0, 0.1) is 0 Å². The van der Waals surface area contributed by atoms with Gasteiger partial charge in [0.1, 0.15) is 11.5 Å². The molecule has 0 spiro atoms. The van der Waals surface area contributed by atoms with E-state index < -0.39 is 11.7 Å². The van der Waals surface area contributed by atoms with Gasteiger partial charge in [-0.05, 0) is 42.8 Å². The predicted molar refractivity (Wildman–Crippen MR) is 75.6 cm³/mol. The molecule has 6 heteroatoms. The Morgan fingerprint density at radius 1 is 1.05 bits per heavy atom. The molecule has 0 aromatic heterocycles. The Hall–Kier alpha value is -1.72. The summed E-state index contributed by atoms with van der Waals surface area (Å²) < 4.78 is 43.7. The second-order valence-electron chi connectivity index (χ2n) is 4.60. The van der Waals surface area contributed by atoms with Crippen LogP contribution in [0.5, 0.6) is 11.5 Å². The number of ether oxygens (including phenoxy) is 1. The fourth-order valence-electron chi connectivity index (χ4n) is 1.76. The Morgan fingerprint density at radius 3 is 2.14 bits per heavy atom. The maximum absolute atomic E-state index is 12.8. The summed E-state index contributed by atoms with van der Waals surface area (Å²) in [6, 6.07) is 10.1. The van der Waals surface area contributed by atoms with Crippen LogP contribution in [-0.2, 0) is 6.18 Å². The third-order valence-corrected chi connectivity index (χ3v) is 3.21. The van der Waals surface area contributed by atoms with Crippen molar-refractivity contribution in [3.63, 3.8) is 0 Å². The lowest BCUT2D eigenvalue weighted by atomic mass is 10.1. The van der Waals surface area contributed by atoms with Crippen LogP contribution < -0.4 is 10.5 Å². The van der Waals surface area contributed by atoms with Crippen LogP contribution >= 0.6 is 11.6 Å². The SMILES string of the molecule is CC(N)c1ccc(Oc2ccc(Cl)c(C(F)(F)F)c2)cc1. The van der Waals surface area contributed by atoms with Gasteiger partial charge in [0, 0.05) is 6.04 Å². The Bertz CT molecular complexity index is 624. The first-order valence-corrected chi connectivity index (χ1v) is 6.55. The minimum Gasteiger partial charge on any atom is -0.457 e. The van der Waals surface area contributed by atoms with Crippen molar-refractivity contribution >= 4 is 11.6 Å². The molecule has 0 aliphatic heterocycles. The van der Waals surface area contributed by atoms with Crippen molar-refractivity contribution in [2.75, 3.05) is 0 Å². The van der Waals surface area contributed by atoms with E-state index in [9.17, 15) is 13.2 Å². The average Bonchev–Trinajstić information content (AvgIpc) is 2.40. The van der Waals surface area contributed by atoms with Crippen molar-refractivity contribution < 1.29 is 17.9 Å². The van der Waals surface area contributed by atoms with Gasteiger partial charge < -0.3 is 10.5 Å². The normalized spacial score (nSPS) is 13.0. The van der Waals surface area contributed by atoms with Crippen molar-refractivity contribution in [3.05, 3.63) is 58.6 Å². The van der Waals surface area contributed by atoms with Gasteiger partial charge in [-0.15, -0.1) is 0 Å². The molecule has 2 aromatic carbocycles. The molecule has 0 saturated carbocycles. The molecule has 0 heterocycles. The van der Waals surface area contributed by atoms with Crippen LogP contribution in [0.3, 0.4) is 0 Å². The number of halogens is 4. The minimum absolute atomic E-state index is 0.0697. The zero-order valence-corrected chi connectivity index (χ0v) is 11.9. The smallest absolute Gasteiger partial charge is 0.417 e. The summed E-state index contributed by atoms with van der Waals surface area (Å²) >= 11 is 5.55. The fourth-order valence-corrected chi connectivity index (χ4v) is 1.99. The number of hydrogen-bond donors (Lipinski definition) is 1. The first kappa shape index (κ1) is 15.7. The highest BCUT2D eigenvalue weighted by atomic mass is 35.5. The summed E-state index contributed by atoms with van der Waals surface area (Å²) in [5, 5.41) is -0.359. The van der Waals surface area contributed by atoms with E-state index >= 15 is 0 Å². The van der Waals surface area contributed by atoms with Crippen LogP contribution in [0.4, 0.5) is 13.2 Å². The Labute approximate surface area is 125 Å². The lowest BCUT2D eigenvalue weighted by Gasteiger charge is -2.12. The summed E-state index contributed by atoms with van der Waals surface area (Å²) in [7, 11) is 0. The Morgan fingerprint density at radius 2 is 1.62 bits per heavy atom. The van der Waals surface area contributed by atoms with Crippen molar-refractivity contribution in [2.24, 2.45) is 5.73 Å². The molecular formula is C15H13ClF3NO. The first-order chi connectivity index (χ1) is 9.77. The Kier molecular flexibility index (Phi) is 4.44. The predicted octanol–water partition coefficient (Wildman–Crippen LogP) is 5.17. The third-order valence-electron chi connectivity index (χ3n) is 2.88. The van der Waals surface area contributed by atoms with Crippen LogP contribution in [0.25, 0.3) is 0 Å². The molecule has 21 heavy (non-hydrogen) atoms. The molecule has 2 nitrogen and oxygen atoms in total. The van der Waals surface area contributed by atoms with E-state index in [0.29, 0.717) is 5.75 Å². The zero-order valence-electron chi connectivity index (χ0n) is 11.1. The van der Waals surface area contributed by atoms with Crippen molar-refractivity contribution in [3.8, 4) is 11.5 Å². The van der Waals surface area contributed by atoms with Crippen LogP contribution in [0.2, 0.25) is 5.02 Å². The standard InChI is InChI=1S/C15H13ClF3NO/c1-9(20)10-2-4-11(5-3-10)21-12-6-7-14(16)13(8-12)15(17,18)19/h2-9H,20H2,1H3. The fraction of sp³-hybridized carbons (Fsp3) is 0.200. The molecule has 0 radical (unpaired) electrons. The van der Waals surface area contributed by atoms with Crippen molar-refractivity contribution in [2.45, 2.75) is 19.1 Å². The summed E-state index contributed by atoms with van der Waals surface area (Å²) in [6.45, 7) is 1.84. The molecule has 112 valence electrons. The molecular weight excluding hydrogens is 303 g/mol. The molecule has 0 saturated heterocycles. The zero-order chi connectivity index (χ0) is 15.6. The van der Waals surface area contributed by atoms with E-state index in [1.807, 2.05) is 6.92 Å². The van der Waals surface area contributed by atoms with E-state index in [0.717, 1.165) is 17.7 Å². The number of hydrogen-bond acceptors (Lipinski definition) is 2. The highest BCUT2D eigenvalue weighted by molar-refractivity contribution is 6.31. The van der Waals surface area contributed by atoms with Gasteiger partial charge in [-0.2, -0.15) is 13.2 Å². The van der Waals surface area contributed by atoms with Crippen LogP contribution in [0.15, 0.2) is 42.5 Å². The topological polar surface area (TPSA) is 35.2 Å². The van der Waals surface area contributed by atoms with E-state index in [2.05, 4.69) is 0 Å². The van der Waals surface area contributed by atoms with E-state index in [1.54, 1.807) is 24.3 Å². The number of alkyl halides is 3. The highest BCUT2D eigenvalue weighted by Crippen LogP contribution is 2.37. The van der Waals surface area contributed by atoms with Crippen LogP contribution in [0.1, 0.15) is 24.1 Å². The first-order valence-electron chi connectivity index (χ1n) is 6.17. The minimum atomic E-state index is -4.52. The summed E-state index contributed by atoms with van der Waals surface area (Å²) in [5.41, 5.74) is 5.71. The highest BCUT2D eigenvalue weighted by Gasteiger charge is 2.33. The molecule has 0 fully saturated rings. The van der Waals surface area contributed by atoms with E-state index in [1.165, 1.54) is 6.07 Å². The van der Waals surface area contributed by atoms with Crippen molar-refractivity contribution in [1.29, 1.82) is 0 Å². The quantitative estimate of drug-likeness (QED) is 0.848. The largest absolute Gasteiger partial charge is 0.457 e. The molecule has 2 aromatic rings. The maximum Gasteiger partial charge on any atom is 0.417 e. The van der Waals surface area contributed by atoms with Gasteiger partial charge in [0.15, 0.2) is 0 Å². The van der Waals surface area contributed by atoms with Gasteiger partial charge in [0.2, 0.25) is 0 Å². The summed E-state index contributed by atoms with van der Waals surface area (Å²) in [5.74, 6) is 0.495. The molecule has 1 unspecified atom stereocenters. The number of nitrogens with two attached hydrogens (primary N) is 1. The van der Waals surface area contributed by atoms with Gasteiger partial charge in [-0.1, -0.05) is 23.7 Å². The van der Waals surface area contributed by atoms with Gasteiger partial charge >= 0.3 is 6.18 Å². The van der Waals surface area contributed by atoms with E-state index in [-0.39, 0.29) is 16.8 Å². The molecule has 0 aliphatic rings.